The maximum absolute atomic E-state index is 5.16. The largest absolute Gasteiger partial charge is 0.497 e. The summed E-state index contributed by atoms with van der Waals surface area (Å²) in [5, 5.41) is 0. The highest BCUT2D eigenvalue weighted by Crippen LogP contribution is 2.32. The molecule has 1 nitrogen and oxygen atoms in total. The molecule has 3 heteroatoms. The van der Waals surface area contributed by atoms with Crippen molar-refractivity contribution in [2.24, 2.45) is 0 Å². The second-order valence-electron chi connectivity index (χ2n) is 3.57. The van der Waals surface area contributed by atoms with Gasteiger partial charge in [-0.05, 0) is 41.6 Å². The zero-order chi connectivity index (χ0) is 12.3. The summed E-state index contributed by atoms with van der Waals surface area (Å²) in [5.41, 5.74) is 2.38. The van der Waals surface area contributed by atoms with E-state index in [1.54, 1.807) is 18.9 Å². The van der Waals surface area contributed by atoms with Gasteiger partial charge in [0.1, 0.15) is 5.75 Å². The predicted molar refractivity (Wildman–Crippen MR) is 77.9 cm³/mol. The summed E-state index contributed by atoms with van der Waals surface area (Å²) < 4.78 is 6.28. The molecule has 0 saturated heterocycles. The van der Waals surface area contributed by atoms with Crippen molar-refractivity contribution < 1.29 is 4.74 Å². The van der Waals surface area contributed by atoms with E-state index in [1.807, 2.05) is 12.1 Å². The number of ether oxygens (including phenoxy) is 1. The van der Waals surface area contributed by atoms with E-state index < -0.39 is 0 Å². The van der Waals surface area contributed by atoms with Gasteiger partial charge in [-0.1, -0.05) is 34.1 Å². The molecule has 0 N–H and O–H groups in total. The highest BCUT2D eigenvalue weighted by Gasteiger charge is 2.04. The van der Waals surface area contributed by atoms with Gasteiger partial charge in [0, 0.05) is 9.37 Å². The van der Waals surface area contributed by atoms with Gasteiger partial charge in [0.25, 0.3) is 0 Å². The maximum Gasteiger partial charge on any atom is 0.118 e. The summed E-state index contributed by atoms with van der Waals surface area (Å²) in [6.07, 6.45) is 2.08. The van der Waals surface area contributed by atoms with Gasteiger partial charge in [-0.25, -0.2) is 0 Å². The second-order valence-corrected chi connectivity index (χ2v) is 5.31. The van der Waals surface area contributed by atoms with E-state index in [-0.39, 0.29) is 0 Å². The van der Waals surface area contributed by atoms with E-state index in [4.69, 9.17) is 4.74 Å². The van der Waals surface area contributed by atoms with Crippen LogP contribution in [0.2, 0.25) is 0 Å². The third kappa shape index (κ3) is 2.85. The molecule has 2 aromatic carbocycles. The molecule has 17 heavy (non-hydrogen) atoms. The number of hydrogen-bond acceptors (Lipinski definition) is 2. The number of benzene rings is 2. The fourth-order valence-electron chi connectivity index (χ4n) is 1.63. The lowest BCUT2D eigenvalue weighted by molar-refractivity contribution is 0.415. The van der Waals surface area contributed by atoms with Crippen LogP contribution < -0.4 is 4.74 Å². The van der Waals surface area contributed by atoms with Crippen molar-refractivity contribution in [2.75, 3.05) is 13.4 Å². The average Bonchev–Trinajstić information content (AvgIpc) is 2.39. The third-order valence-corrected chi connectivity index (χ3v) is 3.96. The smallest absolute Gasteiger partial charge is 0.118 e. The Morgan fingerprint density at radius 1 is 1.06 bits per heavy atom. The molecule has 0 aliphatic heterocycles. The highest BCUT2D eigenvalue weighted by molar-refractivity contribution is 9.10. The Bertz CT molecular complexity index is 508. The molecule has 0 saturated carbocycles. The molecule has 2 aromatic rings. The standard InChI is InChI=1S/C14H13BrOS/c1-16-11-5-3-10(4-6-11)13-8-7-12(17-2)9-14(13)15/h3-9H,1-2H3. The molecule has 88 valence electrons. The Labute approximate surface area is 114 Å². The van der Waals surface area contributed by atoms with E-state index in [9.17, 15) is 0 Å². The van der Waals surface area contributed by atoms with E-state index >= 15 is 0 Å². The van der Waals surface area contributed by atoms with Crippen molar-refractivity contribution in [1.29, 1.82) is 0 Å². The SMILES string of the molecule is COc1ccc(-c2ccc(SC)cc2Br)cc1. The van der Waals surface area contributed by atoms with Gasteiger partial charge in [-0.3, -0.25) is 0 Å². The Morgan fingerprint density at radius 2 is 1.76 bits per heavy atom. The van der Waals surface area contributed by atoms with Crippen molar-refractivity contribution in [3.63, 3.8) is 0 Å². The van der Waals surface area contributed by atoms with Crippen molar-refractivity contribution >= 4 is 27.7 Å². The summed E-state index contributed by atoms with van der Waals surface area (Å²) >= 11 is 5.36. The van der Waals surface area contributed by atoms with Crippen LogP contribution in [0.1, 0.15) is 0 Å². The molecular formula is C14H13BrOS. The molecule has 0 bridgehead atoms. The molecule has 0 heterocycles. The zero-order valence-corrected chi connectivity index (χ0v) is 12.1. The van der Waals surface area contributed by atoms with Crippen molar-refractivity contribution in [3.8, 4) is 16.9 Å². The van der Waals surface area contributed by atoms with E-state index in [1.165, 1.54) is 16.0 Å². The first-order valence-electron chi connectivity index (χ1n) is 5.22. The first-order valence-corrected chi connectivity index (χ1v) is 7.24. The van der Waals surface area contributed by atoms with Crippen molar-refractivity contribution in [1.82, 2.24) is 0 Å². The molecule has 0 atom stereocenters. The second kappa shape index (κ2) is 5.61. The zero-order valence-electron chi connectivity index (χ0n) is 9.74. The van der Waals surface area contributed by atoms with E-state index in [2.05, 4.69) is 52.5 Å². The summed E-state index contributed by atoms with van der Waals surface area (Å²) in [5.74, 6) is 0.880. The van der Waals surface area contributed by atoms with Gasteiger partial charge in [0.15, 0.2) is 0 Å². The van der Waals surface area contributed by atoms with Gasteiger partial charge in [-0.15, -0.1) is 11.8 Å². The predicted octanol–water partition coefficient (Wildman–Crippen LogP) is 4.85. The normalized spacial score (nSPS) is 10.3. The third-order valence-electron chi connectivity index (χ3n) is 2.58. The Hall–Kier alpha value is -0.930. The van der Waals surface area contributed by atoms with Crippen molar-refractivity contribution in [2.45, 2.75) is 4.90 Å². The molecule has 2 rings (SSSR count). The van der Waals surface area contributed by atoms with Crippen molar-refractivity contribution in [3.05, 3.63) is 46.9 Å². The minimum atomic E-state index is 0.880. The van der Waals surface area contributed by atoms with Crippen LogP contribution in [0.4, 0.5) is 0 Å². The minimum absolute atomic E-state index is 0.880. The lowest BCUT2D eigenvalue weighted by atomic mass is 10.1. The van der Waals surface area contributed by atoms with Crippen LogP contribution in [0.15, 0.2) is 51.8 Å². The van der Waals surface area contributed by atoms with Gasteiger partial charge in [0.2, 0.25) is 0 Å². The molecular weight excluding hydrogens is 296 g/mol. The Balaban J connectivity index is 2.38. The van der Waals surface area contributed by atoms with Gasteiger partial charge in [-0.2, -0.15) is 0 Å². The van der Waals surface area contributed by atoms with Crippen LogP contribution >= 0.6 is 27.7 Å². The summed E-state index contributed by atoms with van der Waals surface area (Å²) in [4.78, 5) is 1.26. The number of halogens is 1. The Kier molecular flexibility index (Phi) is 4.13. The lowest BCUT2D eigenvalue weighted by Gasteiger charge is -2.07. The molecule has 0 spiro atoms. The van der Waals surface area contributed by atoms with Gasteiger partial charge in [0.05, 0.1) is 7.11 Å². The molecule has 0 unspecified atom stereocenters. The molecule has 0 radical (unpaired) electrons. The van der Waals surface area contributed by atoms with Crippen LogP contribution in [0.25, 0.3) is 11.1 Å². The van der Waals surface area contributed by atoms with Crippen LogP contribution in [-0.2, 0) is 0 Å². The number of hydrogen-bond donors (Lipinski definition) is 0. The van der Waals surface area contributed by atoms with Crippen LogP contribution in [0, 0.1) is 0 Å². The summed E-state index contributed by atoms with van der Waals surface area (Å²) in [6, 6.07) is 14.5. The Morgan fingerprint density at radius 3 is 2.29 bits per heavy atom. The maximum atomic E-state index is 5.16. The van der Waals surface area contributed by atoms with Crippen LogP contribution in [0.5, 0.6) is 5.75 Å². The van der Waals surface area contributed by atoms with Gasteiger partial charge < -0.3 is 4.74 Å². The molecule has 0 aliphatic carbocycles. The number of thioether (sulfide) groups is 1. The highest BCUT2D eigenvalue weighted by atomic mass is 79.9. The summed E-state index contributed by atoms with van der Waals surface area (Å²) in [6.45, 7) is 0. The first-order chi connectivity index (χ1) is 8.24. The number of rotatable bonds is 3. The van der Waals surface area contributed by atoms with E-state index in [0.717, 1.165) is 10.2 Å². The molecule has 0 fully saturated rings. The average molecular weight is 309 g/mol. The first kappa shape index (κ1) is 12.5. The van der Waals surface area contributed by atoms with Crippen LogP contribution in [-0.4, -0.2) is 13.4 Å². The number of methoxy groups -OCH3 is 1. The topological polar surface area (TPSA) is 9.23 Å². The fourth-order valence-corrected chi connectivity index (χ4v) is 2.83. The van der Waals surface area contributed by atoms with Crippen LogP contribution in [0.3, 0.4) is 0 Å². The van der Waals surface area contributed by atoms with E-state index in [0.29, 0.717) is 0 Å². The lowest BCUT2D eigenvalue weighted by Crippen LogP contribution is -1.84. The van der Waals surface area contributed by atoms with Gasteiger partial charge >= 0.3 is 0 Å². The fraction of sp³-hybridized carbons (Fsp3) is 0.143. The quantitative estimate of drug-likeness (QED) is 0.750. The summed E-state index contributed by atoms with van der Waals surface area (Å²) in [7, 11) is 1.68. The molecule has 0 aliphatic rings. The molecule has 0 aromatic heterocycles. The monoisotopic (exact) mass is 308 g/mol. The minimum Gasteiger partial charge on any atom is -0.497 e. The molecule has 0 amide bonds.